The number of pyridine rings is 1. The third-order valence-corrected chi connectivity index (χ3v) is 2.30. The van der Waals surface area contributed by atoms with Crippen molar-refractivity contribution in [1.82, 2.24) is 4.98 Å². The van der Waals surface area contributed by atoms with Gasteiger partial charge in [-0.3, -0.25) is 4.98 Å². The zero-order chi connectivity index (χ0) is 11.1. The molecule has 0 saturated heterocycles. The van der Waals surface area contributed by atoms with Crippen LogP contribution in [0.4, 0.5) is 0 Å². The highest BCUT2D eigenvalue weighted by Gasteiger charge is 2.08. The van der Waals surface area contributed by atoms with Crippen molar-refractivity contribution in [3.63, 3.8) is 0 Å². The predicted octanol–water partition coefficient (Wildman–Crippen LogP) is 3.87. The van der Waals surface area contributed by atoms with E-state index in [0.717, 1.165) is 5.69 Å². The van der Waals surface area contributed by atoms with Gasteiger partial charge >= 0.3 is 0 Å². The molecule has 0 aromatic carbocycles. The molecule has 0 bridgehead atoms. The molecule has 0 radical (unpaired) electrons. The zero-order valence-electron chi connectivity index (χ0n) is 9.35. The van der Waals surface area contributed by atoms with Crippen LogP contribution in [-0.4, -0.2) is 4.98 Å². The Morgan fingerprint density at radius 3 is 2.80 bits per heavy atom. The highest BCUT2D eigenvalue weighted by Crippen LogP contribution is 2.22. The molecule has 1 atom stereocenters. The van der Waals surface area contributed by atoms with Crippen molar-refractivity contribution >= 4 is 0 Å². The summed E-state index contributed by atoms with van der Waals surface area (Å²) in [6.07, 6.45) is 9.80. The fourth-order valence-electron chi connectivity index (χ4n) is 1.48. The molecule has 1 rings (SSSR count). The number of hydrogen-bond acceptors (Lipinski definition) is 1. The van der Waals surface area contributed by atoms with Crippen LogP contribution >= 0.6 is 0 Å². The van der Waals surface area contributed by atoms with E-state index in [-0.39, 0.29) is 0 Å². The molecule has 1 aromatic heterocycles. The third kappa shape index (κ3) is 3.21. The lowest BCUT2D eigenvalue weighted by atomic mass is 9.96. The molecule has 0 spiro atoms. The monoisotopic (exact) mass is 199 g/mol. The summed E-state index contributed by atoms with van der Waals surface area (Å²) in [5.41, 5.74) is 2.31. The van der Waals surface area contributed by atoms with E-state index < -0.39 is 0 Å². The maximum absolute atomic E-state index is 4.36. The Morgan fingerprint density at radius 1 is 1.47 bits per heavy atom. The molecule has 78 valence electrons. The van der Waals surface area contributed by atoms with Crippen LogP contribution in [0.5, 0.6) is 0 Å². The molecule has 0 aliphatic rings. The first-order valence-electron chi connectivity index (χ1n) is 5.15. The summed E-state index contributed by atoms with van der Waals surface area (Å²) < 4.78 is 0. The Morgan fingerprint density at radius 2 is 2.27 bits per heavy atom. The minimum absolute atomic E-state index is 0.306. The number of hydrogen-bond donors (Lipinski definition) is 0. The molecular weight excluding hydrogens is 182 g/mol. The van der Waals surface area contributed by atoms with Crippen LogP contribution < -0.4 is 0 Å². The lowest BCUT2D eigenvalue weighted by molar-refractivity contribution is 0.870. The summed E-state index contributed by atoms with van der Waals surface area (Å²) in [5.74, 6) is 0.306. The third-order valence-electron chi connectivity index (χ3n) is 2.30. The Labute approximate surface area is 91.9 Å². The molecule has 1 aromatic rings. The predicted molar refractivity (Wildman–Crippen MR) is 65.7 cm³/mol. The molecule has 0 fully saturated rings. The highest BCUT2D eigenvalue weighted by molar-refractivity contribution is 5.32. The van der Waals surface area contributed by atoms with Gasteiger partial charge in [0.05, 0.1) is 0 Å². The zero-order valence-corrected chi connectivity index (χ0v) is 9.35. The van der Waals surface area contributed by atoms with Gasteiger partial charge in [-0.05, 0) is 24.6 Å². The van der Waals surface area contributed by atoms with E-state index in [0.29, 0.717) is 5.92 Å². The van der Waals surface area contributed by atoms with E-state index in [1.54, 1.807) is 0 Å². The van der Waals surface area contributed by atoms with Crippen molar-refractivity contribution in [1.29, 1.82) is 0 Å². The van der Waals surface area contributed by atoms with Gasteiger partial charge in [0.2, 0.25) is 0 Å². The molecule has 0 amide bonds. The van der Waals surface area contributed by atoms with Gasteiger partial charge in [-0.1, -0.05) is 43.9 Å². The van der Waals surface area contributed by atoms with Crippen LogP contribution in [0.3, 0.4) is 0 Å². The Bertz CT molecular complexity index is 360. The summed E-state index contributed by atoms with van der Waals surface area (Å²) in [5, 5.41) is 0. The van der Waals surface area contributed by atoms with E-state index >= 15 is 0 Å². The van der Waals surface area contributed by atoms with Crippen LogP contribution in [0.15, 0.2) is 60.9 Å². The van der Waals surface area contributed by atoms with Gasteiger partial charge in [0.1, 0.15) is 0 Å². The Hall–Kier alpha value is -1.63. The van der Waals surface area contributed by atoms with Crippen molar-refractivity contribution in [2.24, 2.45) is 0 Å². The largest absolute Gasteiger partial charge is 0.261 e. The van der Waals surface area contributed by atoms with E-state index in [9.17, 15) is 0 Å². The second kappa shape index (κ2) is 5.97. The number of nitrogens with zero attached hydrogens (tertiary/aromatic N) is 1. The molecule has 1 heterocycles. The van der Waals surface area contributed by atoms with Gasteiger partial charge in [-0.2, -0.15) is 0 Å². The Balaban J connectivity index is 2.96. The fraction of sp³-hybridized carbons (Fsp3) is 0.214. The molecule has 0 aliphatic carbocycles. The Kier molecular flexibility index (Phi) is 4.55. The van der Waals surface area contributed by atoms with E-state index in [2.05, 4.69) is 24.6 Å². The highest BCUT2D eigenvalue weighted by atomic mass is 14.7. The van der Waals surface area contributed by atoms with Crippen LogP contribution in [0.2, 0.25) is 0 Å². The summed E-state index contributed by atoms with van der Waals surface area (Å²) in [4.78, 5) is 4.36. The van der Waals surface area contributed by atoms with Gasteiger partial charge in [-0.25, -0.2) is 0 Å². The van der Waals surface area contributed by atoms with Crippen LogP contribution in [0.1, 0.15) is 25.5 Å². The maximum Gasteiger partial charge on any atom is 0.0475 e. The summed E-state index contributed by atoms with van der Waals surface area (Å²) in [6, 6.07) is 5.99. The summed E-state index contributed by atoms with van der Waals surface area (Å²) >= 11 is 0. The normalized spacial score (nSPS) is 14.1. The van der Waals surface area contributed by atoms with Crippen LogP contribution in [0, 0.1) is 0 Å². The van der Waals surface area contributed by atoms with Gasteiger partial charge in [0.15, 0.2) is 0 Å². The average Bonchev–Trinajstić information content (AvgIpc) is 2.29. The standard InChI is InChI=1S/C14H17N/c1-4-8-13(9-5-2)12(3)14-10-6-7-11-15-14/h4-12H,1H2,2-3H3/b9-5-,13-8+. The molecule has 1 nitrogen and oxygen atoms in total. The summed E-state index contributed by atoms with van der Waals surface area (Å²) in [7, 11) is 0. The second-order valence-electron chi connectivity index (χ2n) is 3.38. The van der Waals surface area contributed by atoms with Gasteiger partial charge in [-0.15, -0.1) is 0 Å². The number of allylic oxidation sites excluding steroid dienone is 5. The van der Waals surface area contributed by atoms with Gasteiger partial charge in [0, 0.05) is 17.8 Å². The average molecular weight is 199 g/mol. The molecule has 0 aliphatic heterocycles. The van der Waals surface area contributed by atoms with Crippen LogP contribution in [0.25, 0.3) is 0 Å². The molecular formula is C14H17N. The topological polar surface area (TPSA) is 12.9 Å². The first-order valence-corrected chi connectivity index (χ1v) is 5.15. The van der Waals surface area contributed by atoms with Crippen molar-refractivity contribution in [2.45, 2.75) is 19.8 Å². The van der Waals surface area contributed by atoms with E-state index in [1.807, 2.05) is 49.5 Å². The molecule has 1 heteroatoms. The molecule has 1 unspecified atom stereocenters. The minimum atomic E-state index is 0.306. The first kappa shape index (κ1) is 11.4. The smallest absolute Gasteiger partial charge is 0.0475 e. The van der Waals surface area contributed by atoms with E-state index in [4.69, 9.17) is 0 Å². The number of aromatic nitrogens is 1. The molecule has 15 heavy (non-hydrogen) atoms. The van der Waals surface area contributed by atoms with E-state index in [1.165, 1.54) is 5.57 Å². The van der Waals surface area contributed by atoms with Crippen molar-refractivity contribution < 1.29 is 0 Å². The minimum Gasteiger partial charge on any atom is -0.261 e. The fourth-order valence-corrected chi connectivity index (χ4v) is 1.48. The molecule has 0 N–H and O–H groups in total. The molecule has 0 saturated carbocycles. The summed E-state index contributed by atoms with van der Waals surface area (Å²) in [6.45, 7) is 7.89. The van der Waals surface area contributed by atoms with Gasteiger partial charge in [0.25, 0.3) is 0 Å². The van der Waals surface area contributed by atoms with Crippen molar-refractivity contribution in [3.8, 4) is 0 Å². The van der Waals surface area contributed by atoms with Crippen molar-refractivity contribution in [3.05, 3.63) is 66.5 Å². The number of rotatable bonds is 4. The SMILES string of the molecule is C=C/C=C(\C=C/C)C(C)c1ccccn1. The quantitative estimate of drug-likeness (QED) is 0.671. The lowest BCUT2D eigenvalue weighted by Crippen LogP contribution is -1.98. The van der Waals surface area contributed by atoms with Gasteiger partial charge < -0.3 is 0 Å². The lowest BCUT2D eigenvalue weighted by Gasteiger charge is -2.11. The van der Waals surface area contributed by atoms with Crippen LogP contribution in [-0.2, 0) is 0 Å². The van der Waals surface area contributed by atoms with Crippen molar-refractivity contribution in [2.75, 3.05) is 0 Å². The maximum atomic E-state index is 4.36. The second-order valence-corrected chi connectivity index (χ2v) is 3.38. The first-order chi connectivity index (χ1) is 7.29.